The molecule has 106 valence electrons. The fraction of sp³-hybridized carbons (Fsp3) is 0.625. The van der Waals surface area contributed by atoms with E-state index in [2.05, 4.69) is 62.5 Å². The summed E-state index contributed by atoms with van der Waals surface area (Å²) in [4.78, 5) is 0. The maximum atomic E-state index is 6.55. The second-order valence-corrected chi connectivity index (χ2v) is 8.02. The Balaban J connectivity index is 2.09. The highest BCUT2D eigenvalue weighted by Crippen LogP contribution is 2.35. The first-order valence-corrected chi connectivity index (χ1v) is 9.27. The van der Waals surface area contributed by atoms with E-state index in [1.807, 2.05) is 0 Å². The van der Waals surface area contributed by atoms with Gasteiger partial charge in [0, 0.05) is 28.0 Å². The maximum Gasteiger partial charge on any atom is 0.0321 e. The van der Waals surface area contributed by atoms with Crippen molar-refractivity contribution in [2.45, 2.75) is 50.2 Å². The van der Waals surface area contributed by atoms with Crippen LogP contribution in [0.3, 0.4) is 0 Å². The number of nitrogens with two attached hydrogens (primary N) is 1. The van der Waals surface area contributed by atoms with Gasteiger partial charge in [0.05, 0.1) is 0 Å². The highest BCUT2D eigenvalue weighted by atomic mass is 32.2. The van der Waals surface area contributed by atoms with Crippen LogP contribution in [0.25, 0.3) is 0 Å². The van der Waals surface area contributed by atoms with Gasteiger partial charge in [0.2, 0.25) is 0 Å². The van der Waals surface area contributed by atoms with E-state index >= 15 is 0 Å². The predicted molar refractivity (Wildman–Crippen MR) is 90.4 cm³/mol. The van der Waals surface area contributed by atoms with Crippen molar-refractivity contribution in [1.82, 2.24) is 0 Å². The summed E-state index contributed by atoms with van der Waals surface area (Å²) in [5, 5.41) is 1.35. The molecular weight excluding hydrogens is 270 g/mol. The van der Waals surface area contributed by atoms with E-state index in [9.17, 15) is 0 Å². The van der Waals surface area contributed by atoms with Gasteiger partial charge in [-0.05, 0) is 43.4 Å². The van der Waals surface area contributed by atoms with Gasteiger partial charge >= 0.3 is 0 Å². The molecule has 3 atom stereocenters. The quantitative estimate of drug-likeness (QED) is 0.915. The minimum atomic E-state index is 0.280. The Bertz CT molecular complexity index is 399. The molecule has 19 heavy (non-hydrogen) atoms. The first-order chi connectivity index (χ1) is 9.13. The van der Waals surface area contributed by atoms with Crippen molar-refractivity contribution >= 4 is 23.5 Å². The number of hydrogen-bond donors (Lipinski definition) is 1. The fourth-order valence-corrected chi connectivity index (χ4v) is 6.05. The van der Waals surface area contributed by atoms with Gasteiger partial charge in [-0.2, -0.15) is 23.5 Å². The molecular formula is C16H25NS2. The Kier molecular flexibility index (Phi) is 5.67. The van der Waals surface area contributed by atoms with Crippen molar-refractivity contribution in [2.75, 3.05) is 11.5 Å². The molecule has 1 aliphatic rings. The van der Waals surface area contributed by atoms with E-state index in [4.69, 9.17) is 5.73 Å². The SMILES string of the molecule is CCC1SCCSC1C(N)Cc1c(C)cccc1C. The summed E-state index contributed by atoms with van der Waals surface area (Å²) < 4.78 is 0. The van der Waals surface area contributed by atoms with E-state index < -0.39 is 0 Å². The third-order valence-corrected chi connectivity index (χ3v) is 7.43. The summed E-state index contributed by atoms with van der Waals surface area (Å²) in [5.74, 6) is 2.54. The molecule has 3 heteroatoms. The second-order valence-electron chi connectivity index (χ2n) is 5.39. The van der Waals surface area contributed by atoms with Crippen LogP contribution in [0.5, 0.6) is 0 Å². The minimum absolute atomic E-state index is 0.280. The van der Waals surface area contributed by atoms with E-state index in [0.717, 1.165) is 11.7 Å². The van der Waals surface area contributed by atoms with Gasteiger partial charge in [-0.3, -0.25) is 0 Å². The van der Waals surface area contributed by atoms with Crippen molar-refractivity contribution in [1.29, 1.82) is 0 Å². The third-order valence-electron chi connectivity index (χ3n) is 4.00. The Hall–Kier alpha value is -0.120. The molecule has 1 fully saturated rings. The average molecular weight is 296 g/mol. The van der Waals surface area contributed by atoms with Crippen LogP contribution in [0.2, 0.25) is 0 Å². The van der Waals surface area contributed by atoms with Gasteiger partial charge in [-0.25, -0.2) is 0 Å². The molecule has 0 spiro atoms. The molecule has 2 N–H and O–H groups in total. The summed E-state index contributed by atoms with van der Waals surface area (Å²) >= 11 is 4.21. The zero-order valence-electron chi connectivity index (χ0n) is 12.2. The Labute approximate surface area is 126 Å². The van der Waals surface area contributed by atoms with Crippen molar-refractivity contribution in [3.05, 3.63) is 34.9 Å². The lowest BCUT2D eigenvalue weighted by Gasteiger charge is -2.34. The monoisotopic (exact) mass is 295 g/mol. The van der Waals surface area contributed by atoms with Crippen LogP contribution >= 0.6 is 23.5 Å². The van der Waals surface area contributed by atoms with Crippen LogP contribution in [-0.4, -0.2) is 28.0 Å². The smallest absolute Gasteiger partial charge is 0.0321 e. The summed E-state index contributed by atoms with van der Waals surface area (Å²) in [7, 11) is 0. The highest BCUT2D eigenvalue weighted by Gasteiger charge is 2.30. The number of rotatable bonds is 4. The van der Waals surface area contributed by atoms with Gasteiger partial charge in [0.25, 0.3) is 0 Å². The van der Waals surface area contributed by atoms with E-state index in [-0.39, 0.29) is 6.04 Å². The molecule has 0 aliphatic carbocycles. The average Bonchev–Trinajstić information content (AvgIpc) is 2.42. The maximum absolute atomic E-state index is 6.55. The fourth-order valence-electron chi connectivity index (χ4n) is 2.86. The molecule has 0 saturated carbocycles. The van der Waals surface area contributed by atoms with Crippen LogP contribution in [0.4, 0.5) is 0 Å². The molecule has 3 unspecified atom stereocenters. The number of hydrogen-bond acceptors (Lipinski definition) is 3. The van der Waals surface area contributed by atoms with E-state index in [0.29, 0.717) is 5.25 Å². The molecule has 1 nitrogen and oxygen atoms in total. The van der Waals surface area contributed by atoms with Gasteiger partial charge in [-0.15, -0.1) is 0 Å². The third kappa shape index (κ3) is 3.71. The molecule has 0 amide bonds. The first kappa shape index (κ1) is 15.3. The number of aryl methyl sites for hydroxylation is 2. The molecule has 0 aromatic heterocycles. The molecule has 0 radical (unpaired) electrons. The minimum Gasteiger partial charge on any atom is -0.326 e. The van der Waals surface area contributed by atoms with Gasteiger partial charge in [0.1, 0.15) is 0 Å². The molecule has 1 aromatic carbocycles. The molecule has 0 bridgehead atoms. The van der Waals surface area contributed by atoms with Gasteiger partial charge in [-0.1, -0.05) is 25.1 Å². The first-order valence-electron chi connectivity index (χ1n) is 7.17. The predicted octanol–water partition coefficient (Wildman–Crippen LogP) is 3.80. The van der Waals surface area contributed by atoms with Gasteiger partial charge < -0.3 is 5.73 Å². The highest BCUT2D eigenvalue weighted by molar-refractivity contribution is 8.07. The zero-order valence-corrected chi connectivity index (χ0v) is 13.8. The normalized spacial score (nSPS) is 25.3. The standard InChI is InChI=1S/C16H25NS2/c1-4-15-16(19-9-8-18-15)14(17)10-13-11(2)6-5-7-12(13)3/h5-7,14-16H,4,8-10,17H2,1-3H3. The topological polar surface area (TPSA) is 26.0 Å². The number of benzene rings is 1. The van der Waals surface area contributed by atoms with Crippen LogP contribution in [0.1, 0.15) is 30.0 Å². The van der Waals surface area contributed by atoms with Crippen molar-refractivity contribution in [2.24, 2.45) is 5.73 Å². The van der Waals surface area contributed by atoms with Crippen molar-refractivity contribution in [3.63, 3.8) is 0 Å². The summed E-state index contributed by atoms with van der Waals surface area (Å²) in [5.41, 5.74) is 10.8. The van der Waals surface area contributed by atoms with E-state index in [1.165, 1.54) is 34.6 Å². The lowest BCUT2D eigenvalue weighted by atomic mass is 9.94. The molecule has 1 aromatic rings. The largest absolute Gasteiger partial charge is 0.326 e. The van der Waals surface area contributed by atoms with Crippen molar-refractivity contribution < 1.29 is 0 Å². The van der Waals surface area contributed by atoms with Crippen LogP contribution < -0.4 is 5.73 Å². The number of thioether (sulfide) groups is 2. The Morgan fingerprint density at radius 1 is 1.21 bits per heavy atom. The Morgan fingerprint density at radius 2 is 1.84 bits per heavy atom. The molecule has 2 rings (SSSR count). The van der Waals surface area contributed by atoms with Crippen LogP contribution in [-0.2, 0) is 6.42 Å². The molecule has 1 saturated heterocycles. The van der Waals surface area contributed by atoms with Crippen LogP contribution in [0, 0.1) is 13.8 Å². The Morgan fingerprint density at radius 3 is 2.47 bits per heavy atom. The van der Waals surface area contributed by atoms with Gasteiger partial charge in [0.15, 0.2) is 0 Å². The van der Waals surface area contributed by atoms with Crippen molar-refractivity contribution in [3.8, 4) is 0 Å². The molecule has 1 heterocycles. The summed E-state index contributed by atoms with van der Waals surface area (Å²) in [6, 6.07) is 6.83. The van der Waals surface area contributed by atoms with E-state index in [1.54, 1.807) is 0 Å². The summed E-state index contributed by atoms with van der Waals surface area (Å²) in [6.45, 7) is 6.70. The summed E-state index contributed by atoms with van der Waals surface area (Å²) in [6.07, 6.45) is 2.26. The van der Waals surface area contributed by atoms with Crippen LogP contribution in [0.15, 0.2) is 18.2 Å². The lowest BCUT2D eigenvalue weighted by molar-refractivity contribution is 0.595. The molecule has 1 aliphatic heterocycles. The second kappa shape index (κ2) is 7.05. The lowest BCUT2D eigenvalue weighted by Crippen LogP contribution is -2.43. The zero-order chi connectivity index (χ0) is 13.8.